The van der Waals surface area contributed by atoms with Crippen LogP contribution in [0.15, 0.2) is 22.0 Å². The number of hydrogen-bond acceptors (Lipinski definition) is 6. The summed E-state index contributed by atoms with van der Waals surface area (Å²) >= 11 is 1.57. The number of hydrogen-bond donors (Lipinski definition) is 1. The van der Waals surface area contributed by atoms with E-state index in [-0.39, 0.29) is 18.3 Å². The number of aromatic nitrogens is 2. The minimum Gasteiger partial charge on any atom is -0.342 e. The molecule has 0 saturated carbocycles. The Kier molecular flexibility index (Phi) is 6.56. The van der Waals surface area contributed by atoms with Gasteiger partial charge in [0.1, 0.15) is 0 Å². The summed E-state index contributed by atoms with van der Waals surface area (Å²) < 4.78 is 5.23. The third-order valence-electron chi connectivity index (χ3n) is 3.89. The Balaban J connectivity index is 0.00000192. The standard InChI is InChI=1S/C15H20N4O2S.ClH/c1-16-9-11-6-7-19(10-11)14(20)5-4-13-17-15(18-21-13)12-3-2-8-22-12;/h2-3,8,11,16H,4-7,9-10H2,1H3;1H. The van der Waals surface area contributed by atoms with Gasteiger partial charge in [0.15, 0.2) is 0 Å². The molecule has 1 atom stereocenters. The van der Waals surface area contributed by atoms with Gasteiger partial charge >= 0.3 is 0 Å². The van der Waals surface area contributed by atoms with E-state index in [1.807, 2.05) is 29.5 Å². The maximum Gasteiger partial charge on any atom is 0.227 e. The Labute approximate surface area is 145 Å². The number of nitrogens with one attached hydrogen (secondary N) is 1. The third-order valence-corrected chi connectivity index (χ3v) is 4.76. The molecule has 23 heavy (non-hydrogen) atoms. The van der Waals surface area contributed by atoms with Crippen molar-refractivity contribution in [3.05, 3.63) is 23.4 Å². The number of amides is 1. The lowest BCUT2D eigenvalue weighted by Gasteiger charge is -2.15. The number of nitrogens with zero attached hydrogens (tertiary/aromatic N) is 3. The van der Waals surface area contributed by atoms with E-state index in [0.717, 1.165) is 30.9 Å². The Hall–Kier alpha value is -1.44. The van der Waals surface area contributed by atoms with E-state index in [1.165, 1.54) is 0 Å². The largest absolute Gasteiger partial charge is 0.342 e. The smallest absolute Gasteiger partial charge is 0.227 e. The summed E-state index contributed by atoms with van der Waals surface area (Å²) in [5.74, 6) is 1.88. The van der Waals surface area contributed by atoms with Crippen LogP contribution in [0, 0.1) is 5.92 Å². The summed E-state index contributed by atoms with van der Waals surface area (Å²) in [4.78, 5) is 19.5. The van der Waals surface area contributed by atoms with Gasteiger partial charge in [-0.25, -0.2) is 0 Å². The summed E-state index contributed by atoms with van der Waals surface area (Å²) in [6.07, 6.45) is 2.01. The van der Waals surface area contributed by atoms with Gasteiger partial charge in [-0.15, -0.1) is 23.7 Å². The molecule has 0 radical (unpaired) electrons. The molecule has 2 aromatic rings. The number of carbonyl (C=O) groups excluding carboxylic acids is 1. The van der Waals surface area contributed by atoms with Gasteiger partial charge in [-0.3, -0.25) is 4.79 Å². The van der Waals surface area contributed by atoms with Crippen LogP contribution in [0.2, 0.25) is 0 Å². The lowest BCUT2D eigenvalue weighted by molar-refractivity contribution is -0.130. The van der Waals surface area contributed by atoms with Gasteiger partial charge in [-0.05, 0) is 37.4 Å². The van der Waals surface area contributed by atoms with Gasteiger partial charge in [-0.2, -0.15) is 4.98 Å². The maximum absolute atomic E-state index is 12.2. The molecule has 1 fully saturated rings. The zero-order chi connectivity index (χ0) is 15.4. The lowest BCUT2D eigenvalue weighted by Crippen LogP contribution is -2.30. The van der Waals surface area contributed by atoms with E-state index in [1.54, 1.807) is 11.3 Å². The Morgan fingerprint density at radius 1 is 1.57 bits per heavy atom. The van der Waals surface area contributed by atoms with Crippen molar-refractivity contribution < 1.29 is 9.32 Å². The Morgan fingerprint density at radius 3 is 3.17 bits per heavy atom. The van der Waals surface area contributed by atoms with Gasteiger partial charge in [-0.1, -0.05) is 11.2 Å². The van der Waals surface area contributed by atoms with Crippen molar-refractivity contribution in [1.82, 2.24) is 20.4 Å². The van der Waals surface area contributed by atoms with Crippen molar-refractivity contribution in [2.45, 2.75) is 19.3 Å². The Bertz CT molecular complexity index is 617. The molecule has 8 heteroatoms. The molecule has 0 aliphatic carbocycles. The molecule has 0 aromatic carbocycles. The van der Waals surface area contributed by atoms with E-state index in [4.69, 9.17) is 4.52 Å². The van der Waals surface area contributed by atoms with Gasteiger partial charge in [0.2, 0.25) is 17.6 Å². The molecule has 1 aliphatic heterocycles. The van der Waals surface area contributed by atoms with E-state index < -0.39 is 0 Å². The molecular weight excluding hydrogens is 336 g/mol. The first kappa shape index (κ1) is 17.9. The lowest BCUT2D eigenvalue weighted by atomic mass is 10.1. The quantitative estimate of drug-likeness (QED) is 0.859. The van der Waals surface area contributed by atoms with Crippen LogP contribution in [0.4, 0.5) is 0 Å². The van der Waals surface area contributed by atoms with Gasteiger partial charge in [0.25, 0.3) is 0 Å². The van der Waals surface area contributed by atoms with E-state index >= 15 is 0 Å². The molecule has 0 bridgehead atoms. The molecule has 126 valence electrons. The second kappa shape index (κ2) is 8.42. The van der Waals surface area contributed by atoms with Crippen LogP contribution in [-0.2, 0) is 11.2 Å². The molecule has 1 unspecified atom stereocenters. The highest BCUT2D eigenvalue weighted by Crippen LogP contribution is 2.22. The summed E-state index contributed by atoms with van der Waals surface area (Å²) in [7, 11) is 1.95. The number of halogens is 1. The zero-order valence-corrected chi connectivity index (χ0v) is 14.7. The Morgan fingerprint density at radius 2 is 2.43 bits per heavy atom. The molecule has 1 aliphatic rings. The molecule has 3 heterocycles. The summed E-state index contributed by atoms with van der Waals surface area (Å²) in [5, 5.41) is 9.11. The maximum atomic E-state index is 12.2. The first-order valence-electron chi connectivity index (χ1n) is 7.55. The highest BCUT2D eigenvalue weighted by Gasteiger charge is 2.25. The molecule has 3 rings (SSSR count). The SMILES string of the molecule is CNCC1CCN(C(=O)CCc2nc(-c3cccs3)no2)C1.Cl. The van der Waals surface area contributed by atoms with Crippen LogP contribution in [0.3, 0.4) is 0 Å². The number of rotatable bonds is 6. The third kappa shape index (κ3) is 4.53. The van der Waals surface area contributed by atoms with Crippen LogP contribution in [0.5, 0.6) is 0 Å². The van der Waals surface area contributed by atoms with Gasteiger partial charge in [0, 0.05) is 25.9 Å². The van der Waals surface area contributed by atoms with Crippen LogP contribution in [0.25, 0.3) is 10.7 Å². The zero-order valence-electron chi connectivity index (χ0n) is 13.0. The monoisotopic (exact) mass is 356 g/mol. The van der Waals surface area contributed by atoms with E-state index in [2.05, 4.69) is 15.5 Å². The molecule has 2 aromatic heterocycles. The molecule has 1 N–H and O–H groups in total. The van der Waals surface area contributed by atoms with E-state index in [0.29, 0.717) is 30.5 Å². The minimum absolute atomic E-state index is 0. The second-order valence-corrected chi connectivity index (χ2v) is 6.49. The van der Waals surface area contributed by atoms with Gasteiger partial charge in [0.05, 0.1) is 4.88 Å². The fraction of sp³-hybridized carbons (Fsp3) is 0.533. The van der Waals surface area contributed by atoms with Crippen molar-refractivity contribution in [2.75, 3.05) is 26.7 Å². The summed E-state index contributed by atoms with van der Waals surface area (Å²) in [6.45, 7) is 2.68. The molecule has 0 spiro atoms. The van der Waals surface area contributed by atoms with Crippen LogP contribution < -0.4 is 5.32 Å². The summed E-state index contributed by atoms with van der Waals surface area (Å²) in [6, 6.07) is 3.91. The fourth-order valence-corrected chi connectivity index (χ4v) is 3.40. The highest BCUT2D eigenvalue weighted by atomic mass is 35.5. The van der Waals surface area contributed by atoms with Gasteiger partial charge < -0.3 is 14.7 Å². The van der Waals surface area contributed by atoms with E-state index in [9.17, 15) is 4.79 Å². The number of carbonyl (C=O) groups is 1. The minimum atomic E-state index is 0. The average Bonchev–Trinajstić information content (AvgIpc) is 3.25. The number of thiophene rings is 1. The van der Waals surface area contributed by atoms with Crippen LogP contribution in [0.1, 0.15) is 18.7 Å². The molecule has 1 saturated heterocycles. The molecular formula is C15H21ClN4O2S. The van der Waals surface area contributed by atoms with Crippen molar-refractivity contribution in [1.29, 1.82) is 0 Å². The molecule has 6 nitrogen and oxygen atoms in total. The predicted molar refractivity (Wildman–Crippen MR) is 91.8 cm³/mol. The first-order valence-corrected chi connectivity index (χ1v) is 8.43. The number of aryl methyl sites for hydroxylation is 1. The summed E-state index contributed by atoms with van der Waals surface area (Å²) in [5.41, 5.74) is 0. The van der Waals surface area contributed by atoms with Crippen molar-refractivity contribution in [3.63, 3.8) is 0 Å². The normalized spacial score (nSPS) is 17.3. The van der Waals surface area contributed by atoms with Crippen molar-refractivity contribution in [3.8, 4) is 10.7 Å². The predicted octanol–water partition coefficient (Wildman–Crippen LogP) is 2.22. The molecule has 1 amide bonds. The van der Waals surface area contributed by atoms with Crippen molar-refractivity contribution >= 4 is 29.7 Å². The van der Waals surface area contributed by atoms with Crippen molar-refractivity contribution in [2.24, 2.45) is 5.92 Å². The average molecular weight is 357 g/mol. The van der Waals surface area contributed by atoms with Crippen LogP contribution >= 0.6 is 23.7 Å². The highest BCUT2D eigenvalue weighted by molar-refractivity contribution is 7.13. The number of likely N-dealkylation sites (tertiary alicyclic amines) is 1. The fourth-order valence-electron chi connectivity index (χ4n) is 2.75. The first-order chi connectivity index (χ1) is 10.8. The topological polar surface area (TPSA) is 71.3 Å². The second-order valence-electron chi connectivity index (χ2n) is 5.54. The van der Waals surface area contributed by atoms with Crippen LogP contribution in [-0.4, -0.2) is 47.6 Å².